The van der Waals surface area contributed by atoms with Crippen LogP contribution in [0.5, 0.6) is 5.75 Å². The molecule has 0 spiro atoms. The molecule has 0 aliphatic heterocycles. The summed E-state index contributed by atoms with van der Waals surface area (Å²) in [6.07, 6.45) is 0.00382. The van der Waals surface area contributed by atoms with E-state index in [1.165, 1.54) is 0 Å². The van der Waals surface area contributed by atoms with Gasteiger partial charge in [0.2, 0.25) is 0 Å². The molecule has 1 aromatic heterocycles. The van der Waals surface area contributed by atoms with Crippen molar-refractivity contribution in [2.24, 2.45) is 0 Å². The van der Waals surface area contributed by atoms with Gasteiger partial charge in [0.15, 0.2) is 0 Å². The Balaban J connectivity index is 1.73. The molecule has 3 aromatic rings. The van der Waals surface area contributed by atoms with Crippen LogP contribution in [0.15, 0.2) is 48.5 Å². The van der Waals surface area contributed by atoms with Gasteiger partial charge in [0, 0.05) is 18.2 Å². The van der Waals surface area contributed by atoms with E-state index in [9.17, 15) is 9.90 Å². The number of benzene rings is 2. The molecule has 6 nitrogen and oxygen atoms in total. The lowest BCUT2D eigenvalue weighted by Gasteiger charge is -2.15. The monoisotopic (exact) mass is 339 g/mol. The summed E-state index contributed by atoms with van der Waals surface area (Å²) in [5.74, 6) is 0.393. The number of carboxylic acids is 1. The first-order valence-electron chi connectivity index (χ1n) is 8.29. The number of H-pyrrole nitrogens is 1. The number of nitrogens with one attached hydrogen (secondary N) is 2. The minimum Gasteiger partial charge on any atom is -0.494 e. The average Bonchev–Trinajstić information content (AvgIpc) is 3.04. The van der Waals surface area contributed by atoms with Gasteiger partial charge in [-0.15, -0.1) is 0 Å². The normalized spacial score (nSPS) is 12.0. The third-order valence-electron chi connectivity index (χ3n) is 3.93. The van der Waals surface area contributed by atoms with Crippen molar-refractivity contribution in [2.45, 2.75) is 19.3 Å². The van der Waals surface area contributed by atoms with Crippen LogP contribution in [0.1, 0.15) is 25.1 Å². The molecule has 2 aromatic carbocycles. The van der Waals surface area contributed by atoms with Crippen LogP contribution in [0.2, 0.25) is 0 Å². The fraction of sp³-hybridized carbons (Fsp3) is 0.263. The number of hydrogen-bond acceptors (Lipinski definition) is 4. The number of aromatic amines is 1. The lowest BCUT2D eigenvalue weighted by atomic mass is 10.0. The molecule has 0 unspecified atom stereocenters. The second-order valence-electron chi connectivity index (χ2n) is 5.77. The smallest absolute Gasteiger partial charge is 0.304 e. The first-order valence-corrected chi connectivity index (χ1v) is 8.29. The van der Waals surface area contributed by atoms with Crippen LogP contribution >= 0.6 is 0 Å². The van der Waals surface area contributed by atoms with Crippen molar-refractivity contribution >= 4 is 22.7 Å². The number of nitrogens with zero attached hydrogens (tertiary/aromatic N) is 1. The highest BCUT2D eigenvalue weighted by Gasteiger charge is 2.19. The van der Waals surface area contributed by atoms with E-state index in [4.69, 9.17) is 4.74 Å². The molecule has 1 atom stereocenters. The highest BCUT2D eigenvalue weighted by atomic mass is 16.5. The Bertz CT molecular complexity index is 810. The van der Waals surface area contributed by atoms with Gasteiger partial charge in [-0.2, -0.15) is 0 Å². The predicted octanol–water partition coefficient (Wildman–Crippen LogP) is 3.63. The fourth-order valence-corrected chi connectivity index (χ4v) is 2.72. The van der Waals surface area contributed by atoms with E-state index in [-0.39, 0.29) is 12.3 Å². The second kappa shape index (κ2) is 7.70. The highest BCUT2D eigenvalue weighted by Crippen LogP contribution is 2.22. The number of carboxylic acid groups (broad SMARTS) is 1. The maximum absolute atomic E-state index is 11.2. The zero-order valence-corrected chi connectivity index (χ0v) is 14.0. The molecular weight excluding hydrogens is 318 g/mol. The van der Waals surface area contributed by atoms with Crippen LogP contribution in [0.3, 0.4) is 0 Å². The standard InChI is InChI=1S/C19H21N3O3/c1-2-25-15-9-7-14(8-10-15)20-12-13(11-18(23)24)19-21-16-5-3-4-6-17(16)22-19/h3-10,13,20H,2,11-12H2,1H3,(H,21,22)(H,23,24)/t13-/m0/s1. The molecule has 1 heterocycles. The van der Waals surface area contributed by atoms with Crippen LogP contribution in [0, 0.1) is 0 Å². The molecule has 0 fully saturated rings. The number of ether oxygens (including phenoxy) is 1. The Morgan fingerprint density at radius 3 is 2.68 bits per heavy atom. The number of anilines is 1. The molecule has 3 rings (SSSR count). The first kappa shape index (κ1) is 16.8. The predicted molar refractivity (Wildman–Crippen MR) is 97.2 cm³/mol. The highest BCUT2D eigenvalue weighted by molar-refractivity contribution is 5.75. The van der Waals surface area contributed by atoms with Gasteiger partial charge in [-0.3, -0.25) is 4.79 Å². The van der Waals surface area contributed by atoms with Crippen molar-refractivity contribution < 1.29 is 14.6 Å². The summed E-state index contributed by atoms with van der Waals surface area (Å²) >= 11 is 0. The van der Waals surface area contributed by atoms with Crippen LogP contribution in [0.4, 0.5) is 5.69 Å². The minimum atomic E-state index is -0.848. The third-order valence-corrected chi connectivity index (χ3v) is 3.93. The molecular formula is C19H21N3O3. The summed E-state index contributed by atoms with van der Waals surface area (Å²) in [6, 6.07) is 15.3. The minimum absolute atomic E-state index is 0.00382. The zero-order valence-electron chi connectivity index (χ0n) is 14.0. The van der Waals surface area contributed by atoms with E-state index in [1.807, 2.05) is 55.5 Å². The number of carbonyl (C=O) groups is 1. The van der Waals surface area contributed by atoms with Crippen molar-refractivity contribution in [3.8, 4) is 5.75 Å². The molecule has 25 heavy (non-hydrogen) atoms. The summed E-state index contributed by atoms with van der Waals surface area (Å²) in [5, 5.41) is 12.5. The molecule has 0 saturated carbocycles. The molecule has 0 radical (unpaired) electrons. The molecule has 0 saturated heterocycles. The lowest BCUT2D eigenvalue weighted by Crippen LogP contribution is -2.17. The molecule has 0 amide bonds. The van der Waals surface area contributed by atoms with Crippen LogP contribution < -0.4 is 10.1 Å². The number of hydrogen-bond donors (Lipinski definition) is 3. The molecule has 0 aliphatic rings. The number of imidazole rings is 1. The van der Waals surface area contributed by atoms with Crippen molar-refractivity contribution in [1.82, 2.24) is 9.97 Å². The molecule has 0 bridgehead atoms. The third kappa shape index (κ3) is 4.29. The van der Waals surface area contributed by atoms with Crippen LogP contribution in [0.25, 0.3) is 11.0 Å². The Hall–Kier alpha value is -3.02. The SMILES string of the molecule is CCOc1ccc(NC[C@H](CC(=O)O)c2nc3ccccc3[nH]2)cc1. The molecule has 6 heteroatoms. The Kier molecular flexibility index (Phi) is 5.18. The van der Waals surface area contributed by atoms with Gasteiger partial charge in [0.25, 0.3) is 0 Å². The van der Waals surface area contributed by atoms with Crippen molar-refractivity contribution in [3.63, 3.8) is 0 Å². The van der Waals surface area contributed by atoms with E-state index in [2.05, 4.69) is 15.3 Å². The van der Waals surface area contributed by atoms with E-state index in [0.717, 1.165) is 22.5 Å². The largest absolute Gasteiger partial charge is 0.494 e. The van der Waals surface area contributed by atoms with Gasteiger partial charge < -0.3 is 20.1 Å². The van der Waals surface area contributed by atoms with Gasteiger partial charge >= 0.3 is 5.97 Å². The summed E-state index contributed by atoms with van der Waals surface area (Å²) in [4.78, 5) is 19.0. The molecule has 0 aliphatic carbocycles. The van der Waals surface area contributed by atoms with Crippen LogP contribution in [-0.2, 0) is 4.79 Å². The molecule has 130 valence electrons. The Morgan fingerprint density at radius 1 is 1.24 bits per heavy atom. The number of aromatic nitrogens is 2. The summed E-state index contributed by atoms with van der Waals surface area (Å²) < 4.78 is 5.42. The summed E-state index contributed by atoms with van der Waals surface area (Å²) in [7, 11) is 0. The number of fused-ring (bicyclic) bond motifs is 1. The number of para-hydroxylation sites is 2. The van der Waals surface area contributed by atoms with Crippen molar-refractivity contribution in [3.05, 3.63) is 54.4 Å². The van der Waals surface area contributed by atoms with Gasteiger partial charge in [-0.1, -0.05) is 12.1 Å². The first-order chi connectivity index (χ1) is 12.2. The maximum Gasteiger partial charge on any atom is 0.304 e. The lowest BCUT2D eigenvalue weighted by molar-refractivity contribution is -0.137. The van der Waals surface area contributed by atoms with Crippen molar-refractivity contribution in [1.29, 1.82) is 0 Å². The van der Waals surface area contributed by atoms with E-state index >= 15 is 0 Å². The van der Waals surface area contributed by atoms with Gasteiger partial charge in [-0.05, 0) is 43.3 Å². The van der Waals surface area contributed by atoms with E-state index in [1.54, 1.807) is 0 Å². The zero-order chi connectivity index (χ0) is 17.6. The summed E-state index contributed by atoms with van der Waals surface area (Å²) in [5.41, 5.74) is 2.66. The van der Waals surface area contributed by atoms with Crippen molar-refractivity contribution in [2.75, 3.05) is 18.5 Å². The fourth-order valence-electron chi connectivity index (χ4n) is 2.72. The second-order valence-corrected chi connectivity index (χ2v) is 5.77. The van der Waals surface area contributed by atoms with E-state index < -0.39 is 5.97 Å². The van der Waals surface area contributed by atoms with Gasteiger partial charge in [0.1, 0.15) is 11.6 Å². The van der Waals surface area contributed by atoms with E-state index in [0.29, 0.717) is 19.0 Å². The quantitative estimate of drug-likeness (QED) is 0.583. The Morgan fingerprint density at radius 2 is 2.00 bits per heavy atom. The van der Waals surface area contributed by atoms with Gasteiger partial charge in [-0.25, -0.2) is 4.98 Å². The van der Waals surface area contributed by atoms with Gasteiger partial charge in [0.05, 0.1) is 24.1 Å². The average molecular weight is 339 g/mol. The summed E-state index contributed by atoms with van der Waals surface area (Å²) in [6.45, 7) is 3.04. The maximum atomic E-state index is 11.2. The van der Waals surface area contributed by atoms with Crippen LogP contribution in [-0.4, -0.2) is 34.2 Å². The number of aliphatic carboxylic acids is 1. The molecule has 3 N–H and O–H groups in total. The Labute approximate surface area is 145 Å². The number of rotatable bonds is 8. The topological polar surface area (TPSA) is 87.2 Å².